The van der Waals surface area contributed by atoms with Gasteiger partial charge >= 0.3 is 5.97 Å². The van der Waals surface area contributed by atoms with E-state index in [1.807, 2.05) is 30.3 Å². The van der Waals surface area contributed by atoms with Gasteiger partial charge in [0.1, 0.15) is 17.4 Å². The van der Waals surface area contributed by atoms with Crippen molar-refractivity contribution in [3.05, 3.63) is 113 Å². The number of halogens is 1. The van der Waals surface area contributed by atoms with Crippen LogP contribution in [-0.4, -0.2) is 28.1 Å². The first-order chi connectivity index (χ1) is 17.9. The minimum Gasteiger partial charge on any atom is -0.508 e. The van der Waals surface area contributed by atoms with Crippen LogP contribution in [0, 0.1) is 0 Å². The number of phenols is 1. The number of hydrogen-bond donors (Lipinski definition) is 3. The topological polar surface area (TPSA) is 113 Å². The number of carbonyl (C=O) groups is 2. The Kier molecular flexibility index (Phi) is 6.70. The Morgan fingerprint density at radius 1 is 0.919 bits per heavy atom. The van der Waals surface area contributed by atoms with Gasteiger partial charge in [-0.1, -0.05) is 41.9 Å². The summed E-state index contributed by atoms with van der Waals surface area (Å²) in [6.07, 6.45) is 3.60. The van der Waals surface area contributed by atoms with Crippen molar-refractivity contribution in [1.29, 1.82) is 0 Å². The zero-order valence-electron chi connectivity index (χ0n) is 19.5. The summed E-state index contributed by atoms with van der Waals surface area (Å²) in [4.78, 5) is 25.0. The third kappa shape index (κ3) is 5.52. The quantitative estimate of drug-likeness (QED) is 0.231. The fourth-order valence-electron chi connectivity index (χ4n) is 4.20. The lowest BCUT2D eigenvalue weighted by Crippen LogP contribution is -2.42. The highest BCUT2D eigenvalue weighted by atomic mass is 35.5. The van der Waals surface area contributed by atoms with Gasteiger partial charge in [0.15, 0.2) is 5.76 Å². The number of aromatic hydroxyl groups is 1. The molecule has 1 amide bonds. The van der Waals surface area contributed by atoms with E-state index in [1.54, 1.807) is 48.9 Å². The molecule has 8 heteroatoms. The Morgan fingerprint density at radius 3 is 2.43 bits per heavy atom. The van der Waals surface area contributed by atoms with Gasteiger partial charge in [0.2, 0.25) is 0 Å². The normalized spacial score (nSPS) is 11.9. The van der Waals surface area contributed by atoms with E-state index in [9.17, 15) is 19.8 Å². The van der Waals surface area contributed by atoms with Gasteiger partial charge in [0.25, 0.3) is 5.91 Å². The molecule has 3 N–H and O–H groups in total. The molecule has 0 saturated heterocycles. The maximum absolute atomic E-state index is 13.0. The molecule has 0 fully saturated rings. The molecule has 0 aliphatic heterocycles. The van der Waals surface area contributed by atoms with Gasteiger partial charge in [0.05, 0.1) is 12.5 Å². The summed E-state index contributed by atoms with van der Waals surface area (Å²) in [6.45, 7) is 0. The lowest BCUT2D eigenvalue weighted by molar-refractivity contribution is -0.139. The van der Waals surface area contributed by atoms with E-state index in [4.69, 9.17) is 20.4 Å². The molecule has 37 heavy (non-hydrogen) atoms. The summed E-state index contributed by atoms with van der Waals surface area (Å²) >= 11 is 5.97. The molecule has 7 nitrogen and oxygen atoms in total. The highest BCUT2D eigenvalue weighted by molar-refractivity contribution is 6.30. The van der Waals surface area contributed by atoms with Gasteiger partial charge in [-0.15, -0.1) is 0 Å². The van der Waals surface area contributed by atoms with Crippen molar-refractivity contribution < 1.29 is 28.6 Å². The van der Waals surface area contributed by atoms with Crippen LogP contribution in [0.2, 0.25) is 5.02 Å². The van der Waals surface area contributed by atoms with Crippen LogP contribution in [-0.2, 0) is 17.6 Å². The van der Waals surface area contributed by atoms with Crippen LogP contribution < -0.4 is 5.32 Å². The summed E-state index contributed by atoms with van der Waals surface area (Å²) < 4.78 is 10.9. The number of carbonyl (C=O) groups excluding carboxylic acids is 1. The number of amides is 1. The second kappa shape index (κ2) is 10.2. The second-order valence-corrected chi connectivity index (χ2v) is 9.14. The number of phenolic OH excluding ortho intramolecular Hbond substituents is 1. The number of aliphatic carboxylic acids is 1. The van der Waals surface area contributed by atoms with Crippen LogP contribution in [0.1, 0.15) is 27.2 Å². The lowest BCUT2D eigenvalue weighted by atomic mass is 9.96. The Hall–Kier alpha value is -4.49. The lowest BCUT2D eigenvalue weighted by Gasteiger charge is -2.16. The molecule has 5 aromatic rings. The highest BCUT2D eigenvalue weighted by Gasteiger charge is 2.24. The van der Waals surface area contributed by atoms with Crippen LogP contribution in [0.4, 0.5) is 0 Å². The van der Waals surface area contributed by atoms with Gasteiger partial charge < -0.3 is 24.4 Å². The van der Waals surface area contributed by atoms with Crippen molar-refractivity contribution in [2.45, 2.75) is 18.9 Å². The number of carboxylic acid groups (broad SMARTS) is 1. The van der Waals surface area contributed by atoms with Gasteiger partial charge in [0, 0.05) is 23.3 Å². The molecule has 0 unspecified atom stereocenters. The third-order valence-corrected chi connectivity index (χ3v) is 6.37. The van der Waals surface area contributed by atoms with Crippen LogP contribution >= 0.6 is 11.6 Å². The van der Waals surface area contributed by atoms with Crippen molar-refractivity contribution in [2.75, 3.05) is 0 Å². The van der Waals surface area contributed by atoms with Crippen molar-refractivity contribution in [2.24, 2.45) is 0 Å². The van der Waals surface area contributed by atoms with Gasteiger partial charge in [-0.3, -0.25) is 4.79 Å². The maximum Gasteiger partial charge on any atom is 0.326 e. The molecule has 186 valence electrons. The molecular formula is C29H22ClNO6. The van der Waals surface area contributed by atoms with E-state index >= 15 is 0 Å². The van der Waals surface area contributed by atoms with E-state index in [1.165, 1.54) is 6.07 Å². The smallest absolute Gasteiger partial charge is 0.326 e. The van der Waals surface area contributed by atoms with Crippen LogP contribution in [0.3, 0.4) is 0 Å². The zero-order valence-corrected chi connectivity index (χ0v) is 20.2. The zero-order chi connectivity index (χ0) is 25.9. The number of furan rings is 2. The number of hydrogen-bond acceptors (Lipinski definition) is 5. The summed E-state index contributed by atoms with van der Waals surface area (Å²) in [6, 6.07) is 19.8. The first-order valence-electron chi connectivity index (χ1n) is 11.5. The van der Waals surface area contributed by atoms with Crippen LogP contribution in [0.15, 0.2) is 94.2 Å². The number of nitrogens with one attached hydrogen (secondary N) is 1. The molecule has 0 aliphatic carbocycles. The molecule has 0 bridgehead atoms. The number of benzene rings is 3. The van der Waals surface area contributed by atoms with Crippen LogP contribution in [0.25, 0.3) is 22.1 Å². The number of carboxylic acids is 1. The fraction of sp³-hybridized carbons (Fsp3) is 0.103. The molecule has 2 heterocycles. The summed E-state index contributed by atoms with van der Waals surface area (Å²) in [5, 5.41) is 23.7. The summed E-state index contributed by atoms with van der Waals surface area (Å²) in [5.74, 6) is -1.74. The van der Waals surface area contributed by atoms with E-state index in [0.29, 0.717) is 22.6 Å². The average Bonchev–Trinajstić information content (AvgIpc) is 3.55. The molecule has 0 spiro atoms. The van der Waals surface area contributed by atoms with E-state index in [2.05, 4.69) is 5.32 Å². The predicted molar refractivity (Wildman–Crippen MR) is 139 cm³/mol. The summed E-state index contributed by atoms with van der Waals surface area (Å²) in [5.41, 5.74) is 4.64. The highest BCUT2D eigenvalue weighted by Crippen LogP contribution is 2.28. The minimum atomic E-state index is -1.21. The SMILES string of the molecule is O=C(N[C@@H](Cc1ccc(O)cc1Cc1ccoc1)C(=O)O)c1cc2ccc(-c3ccc(Cl)cc3)cc2o1. The first kappa shape index (κ1) is 24.2. The maximum atomic E-state index is 13.0. The molecular weight excluding hydrogens is 494 g/mol. The van der Waals surface area contributed by atoms with Gasteiger partial charge in [-0.05, 0) is 70.3 Å². The predicted octanol–water partition coefficient (Wildman–Crippen LogP) is 6.07. The Bertz CT molecular complexity index is 1570. The molecule has 0 radical (unpaired) electrons. The molecule has 5 rings (SSSR count). The molecule has 2 aromatic heterocycles. The second-order valence-electron chi connectivity index (χ2n) is 8.70. The Balaban J connectivity index is 1.35. The van der Waals surface area contributed by atoms with E-state index < -0.39 is 17.9 Å². The monoisotopic (exact) mass is 515 g/mol. The van der Waals surface area contributed by atoms with Gasteiger partial charge in [-0.2, -0.15) is 0 Å². The van der Waals surface area contributed by atoms with E-state index in [0.717, 1.165) is 27.6 Å². The van der Waals surface area contributed by atoms with Crippen LogP contribution in [0.5, 0.6) is 5.75 Å². The fourth-order valence-corrected chi connectivity index (χ4v) is 4.33. The summed E-state index contributed by atoms with van der Waals surface area (Å²) in [7, 11) is 0. The van der Waals surface area contributed by atoms with Crippen molar-refractivity contribution >= 4 is 34.4 Å². The standard InChI is InChI=1S/C29H22ClNO6/c30-23-6-3-18(4-7-23)20-1-2-21-15-27(37-26(21)14-20)28(33)31-25(29(34)35)13-19-5-8-24(32)12-22(19)11-17-9-10-36-16-17/h1-10,12,14-16,25,32H,11,13H2,(H,31,33)(H,34,35)/t25-/m0/s1. The van der Waals surface area contributed by atoms with Crippen molar-refractivity contribution in [3.63, 3.8) is 0 Å². The van der Waals surface area contributed by atoms with Crippen molar-refractivity contribution in [1.82, 2.24) is 5.32 Å². The van der Waals surface area contributed by atoms with Crippen molar-refractivity contribution in [3.8, 4) is 16.9 Å². The molecule has 0 aliphatic rings. The minimum absolute atomic E-state index is 0.0128. The molecule has 0 saturated carbocycles. The number of fused-ring (bicyclic) bond motifs is 1. The third-order valence-electron chi connectivity index (χ3n) is 6.11. The first-order valence-corrected chi connectivity index (χ1v) is 11.9. The Morgan fingerprint density at radius 2 is 1.70 bits per heavy atom. The average molecular weight is 516 g/mol. The number of rotatable bonds is 8. The van der Waals surface area contributed by atoms with Gasteiger partial charge in [-0.25, -0.2) is 4.79 Å². The largest absolute Gasteiger partial charge is 0.508 e. The van der Waals surface area contributed by atoms with E-state index in [-0.39, 0.29) is 17.9 Å². The molecule has 3 aromatic carbocycles. The Labute approximate surface area is 216 Å². The molecule has 1 atom stereocenters.